The van der Waals surface area contributed by atoms with E-state index < -0.39 is 44.5 Å². The minimum absolute atomic E-state index is 0.0693. The van der Waals surface area contributed by atoms with E-state index in [-0.39, 0.29) is 12.8 Å². The maximum Gasteiger partial charge on any atom is 0.255 e. The number of rotatable bonds is 15. The second-order valence-electron chi connectivity index (χ2n) is 11.2. The molecule has 230 valence electrons. The Morgan fingerprint density at radius 3 is 2.45 bits per heavy atom. The summed E-state index contributed by atoms with van der Waals surface area (Å²) in [7, 11) is -3.94. The summed E-state index contributed by atoms with van der Waals surface area (Å²) in [4.78, 5) is 32.8. The first-order valence-corrected chi connectivity index (χ1v) is 16.5. The van der Waals surface area contributed by atoms with Gasteiger partial charge in [-0.3, -0.25) is 15.0 Å². The SMILES string of the molecule is CCCC(C[C@@H](Cc1ccc(C)cc1)[C@H](C/C=C/c1ccccc1)C(=O)NOC1CCCCO1)(C(=O)NN)S(C)(=O)=O. The lowest BCUT2D eigenvalue weighted by atomic mass is 9.76. The fraction of sp³-hybridized carbons (Fsp3) is 0.500. The maximum absolute atomic E-state index is 13.8. The van der Waals surface area contributed by atoms with Crippen molar-refractivity contribution in [2.45, 2.75) is 76.3 Å². The van der Waals surface area contributed by atoms with Crippen LogP contribution < -0.4 is 16.7 Å². The van der Waals surface area contributed by atoms with Gasteiger partial charge in [0.1, 0.15) is 0 Å². The van der Waals surface area contributed by atoms with E-state index in [0.717, 1.165) is 35.8 Å². The monoisotopic (exact) mass is 599 g/mol. The molecule has 1 heterocycles. The topological polar surface area (TPSA) is 137 Å². The third-order valence-electron chi connectivity index (χ3n) is 7.95. The number of carbonyl (C=O) groups excluding carboxylic acids is 2. The molecule has 1 aliphatic rings. The number of amides is 2. The Hall–Kier alpha value is -3.05. The number of hydrogen-bond donors (Lipinski definition) is 3. The second-order valence-corrected chi connectivity index (χ2v) is 13.5. The summed E-state index contributed by atoms with van der Waals surface area (Å²) in [5.41, 5.74) is 7.68. The van der Waals surface area contributed by atoms with Gasteiger partial charge in [-0.15, -0.1) is 0 Å². The lowest BCUT2D eigenvalue weighted by molar-refractivity contribution is -0.202. The number of sulfone groups is 1. The lowest BCUT2D eigenvalue weighted by Gasteiger charge is -2.36. The van der Waals surface area contributed by atoms with Gasteiger partial charge in [-0.1, -0.05) is 85.7 Å². The zero-order valence-corrected chi connectivity index (χ0v) is 25.7. The minimum atomic E-state index is -3.94. The van der Waals surface area contributed by atoms with Crippen molar-refractivity contribution in [3.8, 4) is 0 Å². The molecule has 42 heavy (non-hydrogen) atoms. The van der Waals surface area contributed by atoms with Gasteiger partial charge in [-0.05, 0) is 62.5 Å². The summed E-state index contributed by atoms with van der Waals surface area (Å²) in [6, 6.07) is 17.6. The molecule has 0 radical (unpaired) electrons. The van der Waals surface area contributed by atoms with Gasteiger partial charge in [-0.2, -0.15) is 0 Å². The van der Waals surface area contributed by atoms with Crippen LogP contribution in [0.3, 0.4) is 0 Å². The first-order valence-electron chi connectivity index (χ1n) is 14.6. The standard InChI is InChI=1S/C32H45N3O6S/c1-4-20-32(31(37)34-33,42(3,38)39)23-27(22-26-18-16-24(2)17-19-26)28(14-10-13-25-11-6-5-7-12-25)30(36)35-41-29-15-8-9-21-40-29/h5-7,10-13,16-19,27-29H,4,8-9,14-15,20-23,33H2,1-3H3,(H,34,37)(H,35,36)/b13-10+/t27-,28+,29?,32?/m1/s1. The Morgan fingerprint density at radius 2 is 1.86 bits per heavy atom. The van der Waals surface area contributed by atoms with Gasteiger partial charge in [0.15, 0.2) is 20.9 Å². The van der Waals surface area contributed by atoms with E-state index >= 15 is 0 Å². The van der Waals surface area contributed by atoms with Crippen molar-refractivity contribution in [3.63, 3.8) is 0 Å². The molecule has 1 saturated heterocycles. The first kappa shape index (κ1) is 33.5. The van der Waals surface area contributed by atoms with Crippen molar-refractivity contribution in [2.24, 2.45) is 17.7 Å². The number of nitrogens with two attached hydrogens (primary N) is 1. The summed E-state index contributed by atoms with van der Waals surface area (Å²) in [5, 5.41) is 0. The Bertz CT molecular complexity index is 1280. The fourth-order valence-corrected chi connectivity index (χ4v) is 7.08. The fourth-order valence-electron chi connectivity index (χ4n) is 5.59. The quantitative estimate of drug-likeness (QED) is 0.157. The number of nitrogens with one attached hydrogen (secondary N) is 2. The Kier molecular flexibility index (Phi) is 12.7. The van der Waals surface area contributed by atoms with Crippen LogP contribution in [0.25, 0.3) is 6.08 Å². The third kappa shape index (κ3) is 9.22. The van der Waals surface area contributed by atoms with Gasteiger partial charge in [0.2, 0.25) is 5.91 Å². The maximum atomic E-state index is 13.8. The van der Waals surface area contributed by atoms with Crippen molar-refractivity contribution in [1.82, 2.24) is 10.9 Å². The van der Waals surface area contributed by atoms with E-state index in [1.54, 1.807) is 0 Å². The number of benzene rings is 2. The van der Waals surface area contributed by atoms with Crippen LogP contribution in [0, 0.1) is 18.8 Å². The van der Waals surface area contributed by atoms with Gasteiger partial charge in [-0.25, -0.2) is 24.6 Å². The average molecular weight is 600 g/mol. The highest BCUT2D eigenvalue weighted by Gasteiger charge is 2.50. The number of allylic oxidation sites excluding steroid dienone is 1. The molecule has 2 amide bonds. The van der Waals surface area contributed by atoms with Gasteiger partial charge in [0, 0.05) is 25.2 Å². The molecular weight excluding hydrogens is 554 g/mol. The molecule has 0 bridgehead atoms. The molecule has 4 atom stereocenters. The van der Waals surface area contributed by atoms with Crippen LogP contribution in [-0.4, -0.2) is 44.1 Å². The van der Waals surface area contributed by atoms with Gasteiger partial charge < -0.3 is 4.74 Å². The molecule has 2 aromatic rings. The van der Waals surface area contributed by atoms with Crippen molar-refractivity contribution in [1.29, 1.82) is 0 Å². The van der Waals surface area contributed by atoms with E-state index in [1.807, 2.05) is 80.6 Å². The second kappa shape index (κ2) is 16.0. The molecule has 2 aromatic carbocycles. The van der Waals surface area contributed by atoms with Crippen LogP contribution in [0.4, 0.5) is 0 Å². The van der Waals surface area contributed by atoms with E-state index in [9.17, 15) is 18.0 Å². The summed E-state index contributed by atoms with van der Waals surface area (Å²) < 4.78 is 30.5. The first-order chi connectivity index (χ1) is 20.1. The number of aryl methyl sites for hydroxylation is 1. The predicted molar refractivity (Wildman–Crippen MR) is 164 cm³/mol. The van der Waals surface area contributed by atoms with Crippen LogP contribution in [0.15, 0.2) is 60.7 Å². The molecular formula is C32H45N3O6S. The molecule has 1 fully saturated rings. The van der Waals surface area contributed by atoms with Gasteiger partial charge in [0.05, 0.1) is 0 Å². The van der Waals surface area contributed by atoms with Crippen LogP contribution in [0.2, 0.25) is 0 Å². The number of hydrogen-bond acceptors (Lipinski definition) is 7. The molecule has 0 saturated carbocycles. The van der Waals surface area contributed by atoms with Crippen LogP contribution in [0.1, 0.15) is 68.6 Å². The predicted octanol–water partition coefficient (Wildman–Crippen LogP) is 4.41. The molecule has 0 aliphatic carbocycles. The van der Waals surface area contributed by atoms with E-state index in [2.05, 4.69) is 10.9 Å². The highest BCUT2D eigenvalue weighted by Crippen LogP contribution is 2.37. The minimum Gasteiger partial charge on any atom is -0.350 e. The average Bonchev–Trinajstić information content (AvgIpc) is 2.98. The third-order valence-corrected chi connectivity index (χ3v) is 9.93. The van der Waals surface area contributed by atoms with Crippen molar-refractivity contribution >= 4 is 27.7 Å². The molecule has 3 rings (SSSR count). The Balaban J connectivity index is 2.03. The molecule has 2 unspecified atom stereocenters. The number of hydrazine groups is 1. The largest absolute Gasteiger partial charge is 0.350 e. The Morgan fingerprint density at radius 1 is 1.14 bits per heavy atom. The summed E-state index contributed by atoms with van der Waals surface area (Å²) in [5.74, 6) is 3.11. The smallest absolute Gasteiger partial charge is 0.255 e. The summed E-state index contributed by atoms with van der Waals surface area (Å²) in [6.45, 7) is 4.36. The molecule has 4 N–H and O–H groups in total. The highest BCUT2D eigenvalue weighted by atomic mass is 32.2. The van der Waals surface area contributed by atoms with Gasteiger partial charge >= 0.3 is 0 Å². The normalized spacial score (nSPS) is 18.6. The zero-order chi connectivity index (χ0) is 30.6. The highest BCUT2D eigenvalue weighted by molar-refractivity contribution is 7.92. The van der Waals surface area contributed by atoms with Crippen LogP contribution in [-0.2, 0) is 35.4 Å². The van der Waals surface area contributed by atoms with Gasteiger partial charge in [0.25, 0.3) is 5.91 Å². The summed E-state index contributed by atoms with van der Waals surface area (Å²) in [6.07, 6.45) is 7.97. The van der Waals surface area contributed by atoms with Crippen LogP contribution in [0.5, 0.6) is 0 Å². The lowest BCUT2D eigenvalue weighted by Crippen LogP contribution is -2.56. The number of carbonyl (C=O) groups is 2. The zero-order valence-electron chi connectivity index (χ0n) is 24.9. The van der Waals surface area contributed by atoms with E-state index in [4.69, 9.17) is 15.4 Å². The number of hydroxylamine groups is 1. The molecule has 10 heteroatoms. The van der Waals surface area contributed by atoms with E-state index in [1.165, 1.54) is 0 Å². The number of ether oxygens (including phenoxy) is 1. The summed E-state index contributed by atoms with van der Waals surface area (Å²) >= 11 is 0. The molecule has 9 nitrogen and oxygen atoms in total. The van der Waals surface area contributed by atoms with Crippen molar-refractivity contribution in [3.05, 3.63) is 77.4 Å². The Labute approximate surface area is 250 Å². The molecule has 1 aliphatic heterocycles. The molecule has 0 aromatic heterocycles. The molecule has 0 spiro atoms. The van der Waals surface area contributed by atoms with Crippen molar-refractivity contribution < 1.29 is 27.6 Å². The van der Waals surface area contributed by atoms with Crippen LogP contribution >= 0.6 is 0 Å². The van der Waals surface area contributed by atoms with Crippen molar-refractivity contribution in [2.75, 3.05) is 12.9 Å². The van der Waals surface area contributed by atoms with E-state index in [0.29, 0.717) is 32.3 Å².